The van der Waals surface area contributed by atoms with Crippen LogP contribution in [0, 0.1) is 69.8 Å². The molecule has 2 amide bonds. The van der Waals surface area contributed by atoms with Crippen molar-refractivity contribution >= 4 is 23.4 Å². The average molecular weight is 813 g/mol. The Morgan fingerprint density at radius 3 is 1.78 bits per heavy atom. The number of benzene rings is 2. The van der Waals surface area contributed by atoms with Gasteiger partial charge < -0.3 is 20.1 Å². The molecule has 8 aliphatic rings. The van der Waals surface area contributed by atoms with E-state index in [-0.39, 0.29) is 69.9 Å². The van der Waals surface area contributed by atoms with Gasteiger partial charge in [-0.25, -0.2) is 8.78 Å². The van der Waals surface area contributed by atoms with Crippen LogP contribution >= 0.6 is 0 Å². The molecule has 59 heavy (non-hydrogen) atoms. The normalized spacial score (nSPS) is 36.2. The van der Waals surface area contributed by atoms with Gasteiger partial charge in [0.15, 0.2) is 0 Å². The number of carbonyl (C=O) groups is 4. The summed E-state index contributed by atoms with van der Waals surface area (Å²) in [6, 6.07) is 11.2. The highest BCUT2D eigenvalue weighted by atomic mass is 19.1. The maximum Gasteiger partial charge on any atom is 0.223 e. The maximum atomic E-state index is 14.4. The minimum Gasteiger partial charge on any atom is -0.381 e. The number of ketones is 2. The molecule has 6 aliphatic carbocycles. The van der Waals surface area contributed by atoms with Gasteiger partial charge in [0.1, 0.15) is 23.2 Å². The van der Waals surface area contributed by atoms with Gasteiger partial charge in [0, 0.05) is 49.0 Å². The Morgan fingerprint density at radius 2 is 1.29 bits per heavy atom. The minimum absolute atomic E-state index is 0.0720. The van der Waals surface area contributed by atoms with Gasteiger partial charge in [0.05, 0.1) is 32.5 Å². The molecule has 10 heteroatoms. The second-order valence-corrected chi connectivity index (χ2v) is 20.1. The summed E-state index contributed by atoms with van der Waals surface area (Å²) in [4.78, 5) is 51.2. The maximum absolute atomic E-state index is 14.4. The van der Waals surface area contributed by atoms with Gasteiger partial charge in [0.2, 0.25) is 11.8 Å². The standard InChI is InChI=1S/C25H32FNO3.C24H30FNO3/c1-25-9-8-17-16-4-3-5-21(26)18(16)6-7-19(17)23(25)14(11-22(25)28)10-20(24(29)27-2)15-12-30-13-15;1-24-10-9-17-16-3-2-4-20(25)18(16)6-7-19(17)23(24)14(11-21(24)27)5-8-22(28)26-15-12-29-13-15/h3-5,14-15,17,19-20,23H,6-13H2,1-2H3,(H,27,29);2-4,14-15,17,19,23H,5-13H2,1H3,(H,26,28)/t14-,17?,19?,20?,23?,25-;14-,17?,19?,23?,24-/m11/s1. The summed E-state index contributed by atoms with van der Waals surface area (Å²) in [5.41, 5.74) is 3.55. The third kappa shape index (κ3) is 7.10. The van der Waals surface area contributed by atoms with Crippen molar-refractivity contribution in [1.29, 1.82) is 0 Å². The van der Waals surface area contributed by atoms with E-state index in [0.717, 1.165) is 75.3 Å². The van der Waals surface area contributed by atoms with Gasteiger partial charge in [-0.1, -0.05) is 38.1 Å². The molecule has 2 aromatic rings. The van der Waals surface area contributed by atoms with Crippen molar-refractivity contribution in [1.82, 2.24) is 10.6 Å². The molecule has 2 aliphatic heterocycles. The highest BCUT2D eigenvalue weighted by Gasteiger charge is 2.60. The quantitative estimate of drug-likeness (QED) is 0.284. The van der Waals surface area contributed by atoms with E-state index >= 15 is 0 Å². The first-order chi connectivity index (χ1) is 28.4. The van der Waals surface area contributed by atoms with E-state index in [0.29, 0.717) is 86.8 Å². The molecule has 2 N–H and O–H groups in total. The highest BCUT2D eigenvalue weighted by molar-refractivity contribution is 5.88. The second kappa shape index (κ2) is 16.1. The second-order valence-electron chi connectivity index (χ2n) is 20.1. The molecule has 6 fully saturated rings. The van der Waals surface area contributed by atoms with Crippen LogP contribution in [0.1, 0.15) is 119 Å². The number of hydrogen-bond donors (Lipinski definition) is 2. The third-order valence-corrected chi connectivity index (χ3v) is 17.2. The zero-order valence-corrected chi connectivity index (χ0v) is 35.0. The summed E-state index contributed by atoms with van der Waals surface area (Å²) in [6.07, 6.45) is 10.3. The fraction of sp³-hybridized carbons (Fsp3) is 0.673. The number of halogens is 2. The van der Waals surface area contributed by atoms with Crippen LogP contribution in [0.25, 0.3) is 0 Å². The van der Waals surface area contributed by atoms with E-state index in [1.54, 1.807) is 19.2 Å². The molecule has 0 radical (unpaired) electrons. The minimum atomic E-state index is -0.292. The van der Waals surface area contributed by atoms with Crippen molar-refractivity contribution in [3.8, 4) is 0 Å². The fourth-order valence-electron chi connectivity index (χ4n) is 14.2. The van der Waals surface area contributed by atoms with Gasteiger partial charge in [-0.3, -0.25) is 19.2 Å². The summed E-state index contributed by atoms with van der Waals surface area (Å²) < 4.78 is 39.3. The van der Waals surface area contributed by atoms with Crippen molar-refractivity contribution in [2.45, 2.75) is 115 Å². The molecular weight excluding hydrogens is 751 g/mol. The van der Waals surface area contributed by atoms with Crippen molar-refractivity contribution < 1.29 is 37.4 Å². The van der Waals surface area contributed by atoms with Gasteiger partial charge in [0.25, 0.3) is 0 Å². The van der Waals surface area contributed by atoms with E-state index in [9.17, 15) is 28.0 Å². The molecule has 2 heterocycles. The Bertz CT molecular complexity index is 1980. The first-order valence-electron chi connectivity index (χ1n) is 22.7. The number of carbonyl (C=O) groups excluding carboxylic acids is 4. The molecule has 2 saturated heterocycles. The number of nitrogens with one attached hydrogen (secondary N) is 2. The molecule has 0 aromatic heterocycles. The van der Waals surface area contributed by atoms with Crippen LogP contribution in [0.3, 0.4) is 0 Å². The molecule has 0 bridgehead atoms. The Labute approximate surface area is 347 Å². The third-order valence-electron chi connectivity index (χ3n) is 17.2. The highest BCUT2D eigenvalue weighted by Crippen LogP contribution is 2.64. The summed E-state index contributed by atoms with van der Waals surface area (Å²) >= 11 is 0. The monoisotopic (exact) mass is 812 g/mol. The van der Waals surface area contributed by atoms with Gasteiger partial charge in [-0.2, -0.15) is 0 Å². The lowest BCUT2D eigenvalue weighted by atomic mass is 9.53. The number of fused-ring (bicyclic) bond motifs is 10. The van der Waals surface area contributed by atoms with Crippen molar-refractivity contribution in [3.63, 3.8) is 0 Å². The van der Waals surface area contributed by atoms with Crippen LogP contribution in [-0.4, -0.2) is 62.9 Å². The predicted octanol–water partition coefficient (Wildman–Crippen LogP) is 7.65. The molecule has 318 valence electrons. The van der Waals surface area contributed by atoms with E-state index in [2.05, 4.69) is 36.6 Å². The van der Waals surface area contributed by atoms with Gasteiger partial charge in [-0.15, -0.1) is 0 Å². The lowest BCUT2D eigenvalue weighted by molar-refractivity contribution is -0.136. The average Bonchev–Trinajstić information content (AvgIpc) is 3.61. The van der Waals surface area contributed by atoms with Crippen molar-refractivity contribution in [3.05, 3.63) is 70.3 Å². The lowest BCUT2D eigenvalue weighted by Gasteiger charge is -2.50. The fourth-order valence-corrected chi connectivity index (χ4v) is 14.2. The van der Waals surface area contributed by atoms with E-state index in [1.165, 1.54) is 11.1 Å². The number of rotatable bonds is 8. The van der Waals surface area contributed by atoms with Crippen LogP contribution < -0.4 is 10.6 Å². The molecule has 4 saturated carbocycles. The summed E-state index contributed by atoms with van der Waals surface area (Å²) in [5.74, 6) is 3.51. The van der Waals surface area contributed by atoms with Crippen LogP contribution in [-0.2, 0) is 41.5 Å². The van der Waals surface area contributed by atoms with Gasteiger partial charge in [-0.05, 0) is 146 Å². The number of amides is 2. The summed E-state index contributed by atoms with van der Waals surface area (Å²) in [6.45, 7) is 6.81. The molecule has 7 unspecified atom stereocenters. The first-order valence-corrected chi connectivity index (χ1v) is 22.7. The van der Waals surface area contributed by atoms with E-state index in [4.69, 9.17) is 9.47 Å². The van der Waals surface area contributed by atoms with Crippen LogP contribution in [0.15, 0.2) is 36.4 Å². The predicted molar refractivity (Wildman–Crippen MR) is 218 cm³/mol. The van der Waals surface area contributed by atoms with Crippen LogP contribution in [0.2, 0.25) is 0 Å². The Hall–Kier alpha value is -3.50. The molecule has 8 nitrogen and oxygen atoms in total. The van der Waals surface area contributed by atoms with E-state index < -0.39 is 0 Å². The Kier molecular flexibility index (Phi) is 11.1. The Morgan fingerprint density at radius 1 is 0.763 bits per heavy atom. The van der Waals surface area contributed by atoms with Crippen molar-refractivity contribution in [2.24, 2.45) is 58.2 Å². The van der Waals surface area contributed by atoms with E-state index in [1.807, 2.05) is 12.1 Å². The largest absolute Gasteiger partial charge is 0.381 e. The molecule has 11 atom stereocenters. The molecule has 0 spiro atoms. The number of Topliss-reactive ketones (excluding diaryl/α,β-unsaturated/α-hetero) is 2. The lowest BCUT2D eigenvalue weighted by Crippen LogP contribution is -2.48. The Balaban J connectivity index is 0.000000152. The number of hydrogen-bond acceptors (Lipinski definition) is 6. The summed E-state index contributed by atoms with van der Waals surface area (Å²) in [5, 5.41) is 5.85. The number of ether oxygens (including phenoxy) is 2. The molecule has 2 aromatic carbocycles. The van der Waals surface area contributed by atoms with Crippen LogP contribution in [0.5, 0.6) is 0 Å². The zero-order chi connectivity index (χ0) is 41.2. The zero-order valence-electron chi connectivity index (χ0n) is 35.0. The van der Waals surface area contributed by atoms with Crippen molar-refractivity contribution in [2.75, 3.05) is 33.5 Å². The molecular formula is C49H62F2N2O6. The molecule has 10 rings (SSSR count). The first kappa shape index (κ1) is 40.9. The smallest absolute Gasteiger partial charge is 0.223 e. The SMILES string of the molecule is CNC(=O)C(C[C@@H]1CC(=O)[C@@]2(C)CCC3c4cccc(F)c4CCC3C12)C1COC1.C[C@]12CCC3c4cccc(F)c4CCC3C1[C@H](CCC(=O)NC1COC1)CC2=O. The topological polar surface area (TPSA) is 111 Å². The summed E-state index contributed by atoms with van der Waals surface area (Å²) in [7, 11) is 1.70. The van der Waals surface area contributed by atoms with Gasteiger partial charge >= 0.3 is 0 Å². The van der Waals surface area contributed by atoms with Crippen LogP contribution in [0.4, 0.5) is 8.78 Å².